The van der Waals surface area contributed by atoms with Crippen molar-refractivity contribution in [2.45, 2.75) is 18.9 Å². The van der Waals surface area contributed by atoms with Crippen LogP contribution in [0.25, 0.3) is 10.9 Å². The second-order valence-electron chi connectivity index (χ2n) is 5.95. The van der Waals surface area contributed by atoms with Gasteiger partial charge in [0.2, 0.25) is 10.0 Å². The van der Waals surface area contributed by atoms with Crippen LogP contribution in [0.1, 0.15) is 18.4 Å². The molecule has 1 aliphatic rings. The van der Waals surface area contributed by atoms with E-state index in [1.807, 2.05) is 12.1 Å². The van der Waals surface area contributed by atoms with E-state index in [0.717, 1.165) is 16.6 Å². The summed E-state index contributed by atoms with van der Waals surface area (Å²) in [6, 6.07) is 7.55. The van der Waals surface area contributed by atoms with Crippen LogP contribution in [0.5, 0.6) is 0 Å². The third kappa shape index (κ3) is 3.61. The molecule has 2 heterocycles. The van der Waals surface area contributed by atoms with E-state index < -0.39 is 10.0 Å². The number of fused-ring (bicyclic) bond motifs is 1. The van der Waals surface area contributed by atoms with E-state index in [0.29, 0.717) is 36.5 Å². The molecule has 0 spiro atoms. The van der Waals surface area contributed by atoms with Crippen molar-refractivity contribution in [3.8, 4) is 6.07 Å². The first-order chi connectivity index (χ1) is 11.4. The van der Waals surface area contributed by atoms with Crippen molar-refractivity contribution in [3.05, 3.63) is 35.0 Å². The van der Waals surface area contributed by atoms with Crippen LogP contribution >= 0.6 is 11.6 Å². The molecule has 0 amide bonds. The highest BCUT2D eigenvalue weighted by atomic mass is 35.5. The maximum Gasteiger partial charge on any atom is 0.208 e. The highest BCUT2D eigenvalue weighted by Crippen LogP contribution is 2.33. The Morgan fingerprint density at radius 3 is 2.71 bits per heavy atom. The fraction of sp³-hybridized carbons (Fsp3) is 0.375. The van der Waals surface area contributed by atoms with Gasteiger partial charge in [-0.25, -0.2) is 13.1 Å². The Hall–Kier alpha value is -1.88. The van der Waals surface area contributed by atoms with Gasteiger partial charge in [-0.05, 0) is 31.0 Å². The van der Waals surface area contributed by atoms with Crippen LogP contribution in [0.15, 0.2) is 24.4 Å². The lowest BCUT2D eigenvalue weighted by molar-refractivity contribution is 0.462. The molecule has 2 aromatic rings. The average molecular weight is 365 g/mol. The minimum atomic E-state index is -3.21. The van der Waals surface area contributed by atoms with Crippen molar-refractivity contribution < 1.29 is 8.42 Å². The van der Waals surface area contributed by atoms with Gasteiger partial charge < -0.3 is 4.90 Å². The summed E-state index contributed by atoms with van der Waals surface area (Å²) in [6.45, 7) is 1.32. The summed E-state index contributed by atoms with van der Waals surface area (Å²) in [4.78, 5) is 6.42. The summed E-state index contributed by atoms with van der Waals surface area (Å²) >= 11 is 6.12. The van der Waals surface area contributed by atoms with Crippen molar-refractivity contribution >= 4 is 38.2 Å². The smallest absolute Gasteiger partial charge is 0.208 e. The molecule has 0 aliphatic carbocycles. The molecular weight excluding hydrogens is 348 g/mol. The van der Waals surface area contributed by atoms with E-state index in [4.69, 9.17) is 11.6 Å². The van der Waals surface area contributed by atoms with Gasteiger partial charge in [-0.2, -0.15) is 5.26 Å². The van der Waals surface area contributed by atoms with Gasteiger partial charge in [0, 0.05) is 35.7 Å². The van der Waals surface area contributed by atoms with Gasteiger partial charge in [0.15, 0.2) is 0 Å². The molecule has 0 atom stereocenters. The molecular formula is C16H17ClN4O2S. The minimum Gasteiger partial charge on any atom is -0.370 e. The maximum atomic E-state index is 11.4. The van der Waals surface area contributed by atoms with Crippen molar-refractivity contribution in [2.75, 3.05) is 24.2 Å². The lowest BCUT2D eigenvalue weighted by Crippen LogP contribution is -2.44. The van der Waals surface area contributed by atoms with Crippen LogP contribution in [0, 0.1) is 11.3 Å². The molecule has 1 aromatic heterocycles. The van der Waals surface area contributed by atoms with Gasteiger partial charge in [-0.3, -0.25) is 4.98 Å². The topological polar surface area (TPSA) is 86.1 Å². The van der Waals surface area contributed by atoms with Crippen molar-refractivity contribution in [2.24, 2.45) is 0 Å². The van der Waals surface area contributed by atoms with Crippen LogP contribution in [0.4, 0.5) is 5.69 Å². The number of nitriles is 1. The SMILES string of the molecule is CS(=O)(=O)NC1CCN(c2c(C#N)cnc3ccc(Cl)cc23)CC1. The summed E-state index contributed by atoms with van der Waals surface area (Å²) in [7, 11) is -3.21. The number of nitrogens with zero attached hydrogens (tertiary/aromatic N) is 3. The third-order valence-corrected chi connectivity index (χ3v) is 5.11. The molecule has 1 fully saturated rings. The molecule has 0 bridgehead atoms. The molecule has 8 heteroatoms. The van der Waals surface area contributed by atoms with Crippen LogP contribution in [-0.4, -0.2) is 38.8 Å². The van der Waals surface area contributed by atoms with Crippen molar-refractivity contribution in [3.63, 3.8) is 0 Å². The lowest BCUT2D eigenvalue weighted by atomic mass is 10.0. The molecule has 126 valence electrons. The van der Waals surface area contributed by atoms with Crippen molar-refractivity contribution in [1.82, 2.24) is 9.71 Å². The third-order valence-electron chi connectivity index (χ3n) is 4.11. The lowest BCUT2D eigenvalue weighted by Gasteiger charge is -2.34. The Labute approximate surface area is 146 Å². The number of hydrogen-bond donors (Lipinski definition) is 1. The second-order valence-corrected chi connectivity index (χ2v) is 8.16. The van der Waals surface area contributed by atoms with Gasteiger partial charge in [0.1, 0.15) is 6.07 Å². The predicted octanol–water partition coefficient (Wildman–Crippen LogP) is 2.28. The maximum absolute atomic E-state index is 11.4. The first-order valence-electron chi connectivity index (χ1n) is 7.58. The fourth-order valence-electron chi connectivity index (χ4n) is 3.10. The molecule has 1 saturated heterocycles. The summed E-state index contributed by atoms with van der Waals surface area (Å²) in [6.07, 6.45) is 4.11. The quantitative estimate of drug-likeness (QED) is 0.902. The number of pyridine rings is 1. The minimum absolute atomic E-state index is 0.0709. The molecule has 0 unspecified atom stereocenters. The van der Waals surface area contributed by atoms with E-state index >= 15 is 0 Å². The number of aromatic nitrogens is 1. The van der Waals surface area contributed by atoms with Crippen LogP contribution in [0.2, 0.25) is 5.02 Å². The molecule has 1 N–H and O–H groups in total. The normalized spacial score (nSPS) is 16.3. The predicted molar refractivity (Wildman–Crippen MR) is 94.7 cm³/mol. The number of nitrogens with one attached hydrogen (secondary N) is 1. The summed E-state index contributed by atoms with van der Waals surface area (Å²) in [5.74, 6) is 0. The van der Waals surface area contributed by atoms with E-state index in [-0.39, 0.29) is 6.04 Å². The molecule has 6 nitrogen and oxygen atoms in total. The van der Waals surface area contributed by atoms with Gasteiger partial charge >= 0.3 is 0 Å². The van der Waals surface area contributed by atoms with E-state index in [2.05, 4.69) is 20.7 Å². The molecule has 3 rings (SSSR count). The standard InChI is InChI=1S/C16H17ClN4O2S/c1-24(22,23)20-13-4-6-21(7-5-13)16-11(9-18)10-19-15-3-2-12(17)8-14(15)16/h2-3,8,10,13,20H,4-7H2,1H3. The van der Waals surface area contributed by atoms with Crippen LogP contribution in [0.3, 0.4) is 0 Å². The number of rotatable bonds is 3. The highest BCUT2D eigenvalue weighted by Gasteiger charge is 2.24. The van der Waals surface area contributed by atoms with Gasteiger partial charge in [0.25, 0.3) is 0 Å². The number of benzene rings is 1. The van der Waals surface area contributed by atoms with Gasteiger partial charge in [-0.15, -0.1) is 0 Å². The molecule has 24 heavy (non-hydrogen) atoms. The fourth-order valence-corrected chi connectivity index (χ4v) is 4.11. The first kappa shape index (κ1) is 17.0. The molecule has 0 saturated carbocycles. The molecule has 0 radical (unpaired) electrons. The summed E-state index contributed by atoms with van der Waals surface area (Å²) in [5.41, 5.74) is 2.10. The zero-order chi connectivity index (χ0) is 17.3. The largest absolute Gasteiger partial charge is 0.370 e. The Bertz CT molecular complexity index is 916. The van der Waals surface area contributed by atoms with Crippen molar-refractivity contribution in [1.29, 1.82) is 5.26 Å². The second kappa shape index (κ2) is 6.55. The molecule has 1 aromatic carbocycles. The van der Waals surface area contributed by atoms with Gasteiger partial charge in [0.05, 0.1) is 23.0 Å². The average Bonchev–Trinajstić information content (AvgIpc) is 2.53. The zero-order valence-corrected chi connectivity index (χ0v) is 14.7. The van der Waals surface area contributed by atoms with E-state index in [1.165, 1.54) is 6.26 Å². The van der Waals surface area contributed by atoms with E-state index in [9.17, 15) is 13.7 Å². The number of halogens is 1. The Morgan fingerprint density at radius 1 is 1.38 bits per heavy atom. The Morgan fingerprint density at radius 2 is 2.08 bits per heavy atom. The highest BCUT2D eigenvalue weighted by molar-refractivity contribution is 7.88. The molecule has 1 aliphatic heterocycles. The van der Waals surface area contributed by atoms with Crippen LogP contribution in [-0.2, 0) is 10.0 Å². The number of hydrogen-bond acceptors (Lipinski definition) is 5. The van der Waals surface area contributed by atoms with E-state index in [1.54, 1.807) is 12.3 Å². The summed E-state index contributed by atoms with van der Waals surface area (Å²) < 4.78 is 25.4. The Balaban J connectivity index is 1.93. The Kier molecular flexibility index (Phi) is 4.63. The van der Waals surface area contributed by atoms with Gasteiger partial charge in [-0.1, -0.05) is 11.6 Å². The number of piperidine rings is 1. The monoisotopic (exact) mass is 364 g/mol. The zero-order valence-electron chi connectivity index (χ0n) is 13.2. The van der Waals surface area contributed by atoms with Crippen LogP contribution < -0.4 is 9.62 Å². The number of sulfonamides is 1. The number of anilines is 1. The summed E-state index contributed by atoms with van der Waals surface area (Å²) in [5, 5.41) is 10.9. The first-order valence-corrected chi connectivity index (χ1v) is 9.85.